The van der Waals surface area contributed by atoms with Gasteiger partial charge in [0.05, 0.1) is 29.4 Å². The van der Waals surface area contributed by atoms with Crippen molar-refractivity contribution in [3.05, 3.63) is 65.2 Å². The molecule has 12 heteroatoms. The lowest BCUT2D eigenvalue weighted by molar-refractivity contribution is -0.143. The fourth-order valence-electron chi connectivity index (χ4n) is 5.92. The number of nitrogens with zero attached hydrogens (tertiary/aromatic N) is 4. The zero-order valence-electron chi connectivity index (χ0n) is 23.4. The molecule has 0 bridgehead atoms. The van der Waals surface area contributed by atoms with Gasteiger partial charge < -0.3 is 19.6 Å². The molecule has 3 aliphatic rings. The Morgan fingerprint density at radius 2 is 1.73 bits per heavy atom. The van der Waals surface area contributed by atoms with Gasteiger partial charge in [-0.05, 0) is 31.5 Å². The number of likely N-dealkylation sites (tertiary alicyclic amines) is 1. The number of sulfonamides is 1. The molecule has 41 heavy (non-hydrogen) atoms. The zero-order chi connectivity index (χ0) is 29.5. The van der Waals surface area contributed by atoms with Crippen molar-refractivity contribution in [2.24, 2.45) is 0 Å². The van der Waals surface area contributed by atoms with Crippen molar-refractivity contribution in [1.82, 2.24) is 14.1 Å². The topological polar surface area (TPSA) is 128 Å². The molecule has 0 radical (unpaired) electrons. The van der Waals surface area contributed by atoms with Gasteiger partial charge in [-0.2, -0.15) is 0 Å². The number of hydrogen-bond acceptors (Lipinski definition) is 8. The third kappa shape index (κ3) is 4.55. The summed E-state index contributed by atoms with van der Waals surface area (Å²) in [5.74, 6) is -2.98. The lowest BCUT2D eigenvalue weighted by Crippen LogP contribution is -2.52. The first kappa shape index (κ1) is 28.9. The first-order chi connectivity index (χ1) is 19.6. The van der Waals surface area contributed by atoms with Crippen LogP contribution in [0.25, 0.3) is 5.76 Å². The van der Waals surface area contributed by atoms with E-state index in [1.807, 2.05) is 0 Å². The minimum atomic E-state index is -3.87. The second-order valence-corrected chi connectivity index (χ2v) is 12.6. The number of hydrogen-bond donors (Lipinski definition) is 1. The van der Waals surface area contributed by atoms with Gasteiger partial charge in [-0.1, -0.05) is 30.3 Å². The van der Waals surface area contributed by atoms with Gasteiger partial charge in [0.2, 0.25) is 10.0 Å². The van der Waals surface area contributed by atoms with Crippen LogP contribution in [0.4, 0.5) is 5.69 Å². The normalized spacial score (nSPS) is 22.8. The number of rotatable bonds is 8. The Morgan fingerprint density at radius 3 is 2.41 bits per heavy atom. The Kier molecular flexibility index (Phi) is 7.77. The van der Waals surface area contributed by atoms with E-state index in [9.17, 15) is 27.9 Å². The molecule has 1 spiro atoms. The lowest BCUT2D eigenvalue weighted by atomic mass is 9.82. The lowest BCUT2D eigenvalue weighted by Gasteiger charge is -2.35. The van der Waals surface area contributed by atoms with Gasteiger partial charge in [-0.3, -0.25) is 19.3 Å². The Bertz CT molecular complexity index is 1530. The molecule has 1 N–H and O–H groups in total. The molecule has 2 aromatic carbocycles. The van der Waals surface area contributed by atoms with E-state index in [1.54, 1.807) is 31.2 Å². The third-order valence-electron chi connectivity index (χ3n) is 7.97. The van der Waals surface area contributed by atoms with Crippen LogP contribution in [0.15, 0.2) is 59.0 Å². The van der Waals surface area contributed by atoms with Gasteiger partial charge in [0.1, 0.15) is 5.76 Å². The van der Waals surface area contributed by atoms with Crippen LogP contribution < -0.4 is 4.90 Å². The van der Waals surface area contributed by atoms with Gasteiger partial charge in [0.15, 0.2) is 5.54 Å². The Morgan fingerprint density at radius 1 is 1.02 bits per heavy atom. The molecule has 1 atom stereocenters. The number of carbonyl (C=O) groups is 3. The predicted octanol–water partition coefficient (Wildman–Crippen LogP) is 1.60. The summed E-state index contributed by atoms with van der Waals surface area (Å²) in [5.41, 5.74) is -1.25. The maximum Gasteiger partial charge on any atom is 0.296 e. The van der Waals surface area contributed by atoms with Crippen LogP contribution in [0.1, 0.15) is 24.5 Å². The van der Waals surface area contributed by atoms with Crippen molar-refractivity contribution in [1.29, 1.82) is 0 Å². The van der Waals surface area contributed by atoms with E-state index < -0.39 is 38.9 Å². The number of ether oxygens (including phenoxy) is 1. The second-order valence-electron chi connectivity index (χ2n) is 10.4. The number of Topliss-reactive ketones (excluding diaryl/α,β-unsaturated/α-hetero) is 1. The number of ketones is 1. The molecule has 0 aromatic heterocycles. The third-order valence-corrected chi connectivity index (χ3v) is 9.78. The molecule has 3 aliphatic heterocycles. The van der Waals surface area contributed by atoms with Crippen molar-refractivity contribution >= 4 is 39.1 Å². The minimum absolute atomic E-state index is 0.0128. The Labute approximate surface area is 239 Å². The highest BCUT2D eigenvalue weighted by Gasteiger charge is 2.66. The monoisotopic (exact) mass is 582 g/mol. The summed E-state index contributed by atoms with van der Waals surface area (Å²) in [6, 6.07) is 12.5. The number of amides is 2. The number of anilines is 1. The molecule has 11 nitrogen and oxygen atoms in total. The van der Waals surface area contributed by atoms with Gasteiger partial charge in [0.25, 0.3) is 17.6 Å². The summed E-state index contributed by atoms with van der Waals surface area (Å²) in [7, 11) is -1.09. The molecule has 2 aromatic rings. The Balaban J connectivity index is 1.67. The number of para-hydroxylation sites is 1. The van der Waals surface area contributed by atoms with Gasteiger partial charge in [-0.15, -0.1) is 0 Å². The number of aliphatic hydroxyl groups excluding tert-OH is 1. The van der Waals surface area contributed by atoms with Crippen LogP contribution in [0.5, 0.6) is 0 Å². The molecule has 0 saturated carbocycles. The maximum atomic E-state index is 14.4. The second kappa shape index (κ2) is 11.0. The average molecular weight is 583 g/mol. The smallest absolute Gasteiger partial charge is 0.296 e. The van der Waals surface area contributed by atoms with E-state index in [2.05, 4.69) is 4.90 Å². The number of benzene rings is 2. The highest BCUT2D eigenvalue weighted by Crippen LogP contribution is 2.53. The molecule has 2 saturated heterocycles. The Hall–Kier alpha value is -3.58. The number of fused-ring (bicyclic) bond motifs is 2. The average Bonchev–Trinajstić information content (AvgIpc) is 3.35. The molecule has 218 valence electrons. The number of carbonyl (C=O) groups excluding carboxylic acids is 3. The van der Waals surface area contributed by atoms with Crippen molar-refractivity contribution in [2.75, 3.05) is 64.9 Å². The van der Waals surface area contributed by atoms with Crippen molar-refractivity contribution < 1.29 is 32.6 Å². The van der Waals surface area contributed by atoms with Gasteiger partial charge in [0, 0.05) is 57.9 Å². The predicted molar refractivity (Wildman–Crippen MR) is 152 cm³/mol. The molecule has 2 amide bonds. The molecule has 2 fully saturated rings. The van der Waals surface area contributed by atoms with E-state index in [0.717, 1.165) is 17.4 Å². The summed E-state index contributed by atoms with van der Waals surface area (Å²) >= 11 is 0. The summed E-state index contributed by atoms with van der Waals surface area (Å²) < 4.78 is 32.1. The van der Waals surface area contributed by atoms with Crippen molar-refractivity contribution in [2.45, 2.75) is 23.8 Å². The molecule has 1 unspecified atom stereocenters. The zero-order valence-corrected chi connectivity index (χ0v) is 24.2. The van der Waals surface area contributed by atoms with Gasteiger partial charge in [-0.25, -0.2) is 12.7 Å². The van der Waals surface area contributed by atoms with Crippen LogP contribution >= 0.6 is 0 Å². The van der Waals surface area contributed by atoms with Gasteiger partial charge >= 0.3 is 0 Å². The van der Waals surface area contributed by atoms with E-state index in [-0.39, 0.29) is 29.1 Å². The SMILES string of the molecule is CCN1C(=O)C2(C(=C(O)c3cccc(S(=O)(=O)N(C)C)c3)C(=O)C(=O)N2CCCN2CCOCC2)c2ccccc21. The van der Waals surface area contributed by atoms with E-state index in [0.29, 0.717) is 37.4 Å². The summed E-state index contributed by atoms with van der Waals surface area (Å²) in [6.07, 6.45) is 0.493. The van der Waals surface area contributed by atoms with Crippen LogP contribution in [-0.4, -0.2) is 105 Å². The fourth-order valence-corrected chi connectivity index (χ4v) is 6.86. The summed E-state index contributed by atoms with van der Waals surface area (Å²) in [4.78, 5) is 46.7. The standard InChI is InChI=1S/C29H34N4O7S/c1-4-32-23-12-6-5-11-22(23)29(28(32)37)24(25(34)20-9-7-10-21(19-20)41(38,39)30(2)3)26(35)27(36)33(29)14-8-13-31-15-17-40-18-16-31/h5-7,9-12,19,34H,4,8,13-18H2,1-3H3. The fraction of sp³-hybridized carbons (Fsp3) is 0.414. The molecule has 5 rings (SSSR count). The highest BCUT2D eigenvalue weighted by molar-refractivity contribution is 7.89. The quantitative estimate of drug-likeness (QED) is 0.283. The van der Waals surface area contributed by atoms with E-state index >= 15 is 0 Å². The van der Waals surface area contributed by atoms with Crippen LogP contribution in [-0.2, 0) is 34.7 Å². The van der Waals surface area contributed by atoms with Crippen molar-refractivity contribution in [3.63, 3.8) is 0 Å². The van der Waals surface area contributed by atoms with Crippen molar-refractivity contribution in [3.8, 4) is 0 Å². The van der Waals surface area contributed by atoms with E-state index in [4.69, 9.17) is 4.74 Å². The van der Waals surface area contributed by atoms with Crippen LogP contribution in [0.2, 0.25) is 0 Å². The summed E-state index contributed by atoms with van der Waals surface area (Å²) in [6.45, 7) is 5.56. The molecular weight excluding hydrogens is 548 g/mol. The summed E-state index contributed by atoms with van der Waals surface area (Å²) in [5, 5.41) is 11.7. The molecule has 3 heterocycles. The number of aliphatic hydroxyl groups is 1. The highest BCUT2D eigenvalue weighted by atomic mass is 32.2. The number of likely N-dealkylation sites (N-methyl/N-ethyl adjacent to an activating group) is 1. The molecular formula is C29H34N4O7S. The maximum absolute atomic E-state index is 14.4. The van der Waals surface area contributed by atoms with Crippen LogP contribution in [0.3, 0.4) is 0 Å². The van der Waals surface area contributed by atoms with Crippen LogP contribution in [0, 0.1) is 0 Å². The first-order valence-corrected chi connectivity index (χ1v) is 15.0. The largest absolute Gasteiger partial charge is 0.507 e. The molecule has 0 aliphatic carbocycles. The van der Waals surface area contributed by atoms with E-state index in [1.165, 1.54) is 48.2 Å². The number of morpholine rings is 1. The minimum Gasteiger partial charge on any atom is -0.507 e. The first-order valence-electron chi connectivity index (χ1n) is 13.6.